The minimum absolute atomic E-state index is 0.161. The lowest BCUT2D eigenvalue weighted by atomic mass is 10.2. The normalized spacial score (nSPS) is 18.4. The highest BCUT2D eigenvalue weighted by Gasteiger charge is 2.39. The number of carboxylic acids is 1. The third-order valence-electron chi connectivity index (χ3n) is 3.48. The molecule has 24 heavy (non-hydrogen) atoms. The van der Waals surface area contributed by atoms with E-state index in [9.17, 15) is 19.1 Å². The highest BCUT2D eigenvalue weighted by molar-refractivity contribution is 8.00. The van der Waals surface area contributed by atoms with Crippen LogP contribution in [0.5, 0.6) is 0 Å². The quantitative estimate of drug-likeness (QED) is 0.462. The van der Waals surface area contributed by atoms with Crippen LogP contribution in [0.15, 0.2) is 18.2 Å². The fraction of sp³-hybridized carbons (Fsp3) is 0.500. The molecule has 0 saturated carbocycles. The van der Waals surface area contributed by atoms with Gasteiger partial charge in [-0.2, -0.15) is 0 Å². The maximum Gasteiger partial charge on any atom is 0.308 e. The highest BCUT2D eigenvalue weighted by atomic mass is 32.2. The second-order valence-corrected chi connectivity index (χ2v) is 6.84. The minimum atomic E-state index is -0.956. The molecule has 1 aliphatic rings. The van der Waals surface area contributed by atoms with Gasteiger partial charge in [-0.3, -0.25) is 9.59 Å². The molecule has 0 aromatic heterocycles. The molecule has 0 saturated heterocycles. The van der Waals surface area contributed by atoms with Crippen molar-refractivity contribution in [3.05, 3.63) is 24.0 Å². The Morgan fingerprint density at radius 2 is 2.04 bits per heavy atom. The first-order chi connectivity index (χ1) is 11.4. The number of benzene rings is 1. The van der Waals surface area contributed by atoms with Gasteiger partial charge in [0.2, 0.25) is 0 Å². The molecule has 1 unspecified atom stereocenters. The average molecular weight is 356 g/mol. The van der Waals surface area contributed by atoms with Crippen molar-refractivity contribution in [3.8, 4) is 0 Å². The predicted molar refractivity (Wildman–Crippen MR) is 91.6 cm³/mol. The fourth-order valence-electron chi connectivity index (χ4n) is 2.47. The number of rotatable bonds is 9. The largest absolute Gasteiger partial charge is 0.481 e. The molecule has 2 rings (SSSR count). The topological polar surface area (TPSA) is 87.7 Å². The van der Waals surface area contributed by atoms with E-state index in [1.165, 1.54) is 23.9 Å². The summed E-state index contributed by atoms with van der Waals surface area (Å²) in [5.41, 5.74) is 1.23. The number of aliphatic carboxylic acids is 1. The molecule has 0 fully saturated rings. The van der Waals surface area contributed by atoms with E-state index in [-0.39, 0.29) is 18.2 Å². The Hall–Kier alpha value is -1.96. The third-order valence-corrected chi connectivity index (χ3v) is 4.82. The molecule has 6 nitrogen and oxygen atoms in total. The van der Waals surface area contributed by atoms with Crippen molar-refractivity contribution < 1.29 is 23.8 Å². The highest BCUT2D eigenvalue weighted by Crippen LogP contribution is 2.42. The molecule has 0 spiro atoms. The van der Waals surface area contributed by atoms with E-state index in [0.717, 1.165) is 6.42 Å². The second-order valence-electron chi connectivity index (χ2n) is 5.45. The maximum atomic E-state index is 13.3. The van der Waals surface area contributed by atoms with E-state index < -0.39 is 11.0 Å². The van der Waals surface area contributed by atoms with E-state index in [4.69, 9.17) is 4.74 Å². The van der Waals surface area contributed by atoms with Crippen molar-refractivity contribution in [3.63, 3.8) is 0 Å². The monoisotopic (exact) mass is 356 g/mol. The second kappa shape index (κ2) is 8.23. The van der Waals surface area contributed by atoms with Crippen LogP contribution in [-0.4, -0.2) is 34.4 Å². The van der Waals surface area contributed by atoms with Crippen LogP contribution < -0.4 is 10.6 Å². The Balaban J connectivity index is 1.89. The number of halogens is 1. The summed E-state index contributed by atoms with van der Waals surface area (Å²) < 4.78 is 18.2. The van der Waals surface area contributed by atoms with Crippen LogP contribution in [0.1, 0.15) is 32.6 Å². The molecule has 0 radical (unpaired) electrons. The Morgan fingerprint density at radius 1 is 1.29 bits per heavy atom. The van der Waals surface area contributed by atoms with Crippen LogP contribution in [0.25, 0.3) is 0 Å². The van der Waals surface area contributed by atoms with Gasteiger partial charge in [-0.25, -0.2) is 4.39 Å². The number of carboxylic acid groups (broad SMARTS) is 1. The van der Waals surface area contributed by atoms with Crippen LogP contribution in [0.3, 0.4) is 0 Å². The van der Waals surface area contributed by atoms with Crippen LogP contribution in [0.4, 0.5) is 15.8 Å². The third kappa shape index (κ3) is 5.02. The zero-order valence-corrected chi connectivity index (χ0v) is 14.2. The van der Waals surface area contributed by atoms with Gasteiger partial charge >= 0.3 is 11.9 Å². The van der Waals surface area contributed by atoms with Gasteiger partial charge < -0.3 is 20.5 Å². The lowest BCUT2D eigenvalue weighted by molar-refractivity contribution is -0.143. The number of nitrogens with one attached hydrogen (secondary N) is 2. The van der Waals surface area contributed by atoms with Crippen LogP contribution >= 0.6 is 11.8 Å². The number of unbranched alkanes of at least 4 members (excludes halogenated alkanes) is 1. The summed E-state index contributed by atoms with van der Waals surface area (Å²) in [6, 6.07) is 4.25. The predicted octanol–water partition coefficient (Wildman–Crippen LogP) is 3.26. The molecule has 1 aromatic carbocycles. The molecule has 0 aliphatic carbocycles. The molecular formula is C16H21FN2O4S. The molecule has 8 heteroatoms. The minimum Gasteiger partial charge on any atom is -0.481 e. The lowest BCUT2D eigenvalue weighted by Crippen LogP contribution is -2.40. The summed E-state index contributed by atoms with van der Waals surface area (Å²) >= 11 is 1.41. The standard InChI is InChI=1S/C16H21FN2O4S/c1-2-23-15(22)5-3-4-8-24-16(10-14(20)21)18-12-7-6-11(17)9-13(12)19-16/h6-7,9,18-19H,2-5,8,10H2,1H3,(H,20,21). The van der Waals surface area contributed by atoms with Crippen molar-refractivity contribution in [1.82, 2.24) is 0 Å². The first-order valence-corrected chi connectivity index (χ1v) is 8.80. The average Bonchev–Trinajstić information content (AvgIpc) is 2.83. The number of hydrogen-bond acceptors (Lipinski definition) is 6. The molecular weight excluding hydrogens is 335 g/mol. The Morgan fingerprint density at radius 3 is 2.75 bits per heavy atom. The van der Waals surface area contributed by atoms with Gasteiger partial charge in [0.1, 0.15) is 5.82 Å². The Bertz CT molecular complexity index is 614. The first kappa shape index (κ1) is 18.4. The van der Waals surface area contributed by atoms with Crippen LogP contribution in [0.2, 0.25) is 0 Å². The summed E-state index contributed by atoms with van der Waals surface area (Å²) in [6.45, 7) is 2.14. The zero-order chi connectivity index (χ0) is 17.6. The summed E-state index contributed by atoms with van der Waals surface area (Å²) in [5.74, 6) is -0.901. The van der Waals surface area contributed by atoms with Crippen molar-refractivity contribution in [2.45, 2.75) is 37.6 Å². The number of ether oxygens (including phenoxy) is 1. The number of carbonyl (C=O) groups excluding carboxylic acids is 1. The van der Waals surface area contributed by atoms with Crippen molar-refractivity contribution >= 4 is 35.1 Å². The van der Waals surface area contributed by atoms with Crippen molar-refractivity contribution in [2.75, 3.05) is 23.0 Å². The molecule has 1 aliphatic heterocycles. The van der Waals surface area contributed by atoms with Gasteiger partial charge in [0.25, 0.3) is 0 Å². The number of esters is 1. The van der Waals surface area contributed by atoms with Crippen molar-refractivity contribution in [2.24, 2.45) is 0 Å². The molecule has 3 N–H and O–H groups in total. The Kier molecular flexibility index (Phi) is 6.30. The summed E-state index contributed by atoms with van der Waals surface area (Å²) in [5, 5.41) is 15.4. The number of hydrogen-bond donors (Lipinski definition) is 3. The van der Waals surface area contributed by atoms with E-state index in [1.807, 2.05) is 0 Å². The SMILES string of the molecule is CCOC(=O)CCCCSC1(CC(=O)O)Nc2ccc(F)cc2N1. The van der Waals surface area contributed by atoms with E-state index in [2.05, 4.69) is 10.6 Å². The smallest absolute Gasteiger partial charge is 0.308 e. The molecule has 0 bridgehead atoms. The maximum absolute atomic E-state index is 13.3. The number of carbonyl (C=O) groups is 2. The van der Waals surface area contributed by atoms with Gasteiger partial charge in [0.15, 0.2) is 4.99 Å². The molecule has 0 amide bonds. The molecule has 1 atom stereocenters. The summed E-state index contributed by atoms with van der Waals surface area (Å²) in [4.78, 5) is 21.6. The zero-order valence-electron chi connectivity index (χ0n) is 13.4. The van der Waals surface area contributed by atoms with Gasteiger partial charge in [0.05, 0.1) is 24.4 Å². The molecule has 132 valence electrons. The first-order valence-electron chi connectivity index (χ1n) is 7.81. The summed E-state index contributed by atoms with van der Waals surface area (Å²) in [6.07, 6.45) is 1.62. The summed E-state index contributed by atoms with van der Waals surface area (Å²) in [7, 11) is 0. The van der Waals surface area contributed by atoms with Gasteiger partial charge in [-0.05, 0) is 43.7 Å². The van der Waals surface area contributed by atoms with E-state index in [0.29, 0.717) is 36.6 Å². The molecule has 1 aromatic rings. The fourth-order valence-corrected chi connectivity index (χ4v) is 3.76. The Labute approximate surface area is 144 Å². The van der Waals surface area contributed by atoms with Crippen LogP contribution in [0, 0.1) is 5.82 Å². The number of thioether (sulfide) groups is 1. The number of fused-ring (bicyclic) bond motifs is 1. The van der Waals surface area contributed by atoms with Gasteiger partial charge in [0, 0.05) is 6.42 Å². The van der Waals surface area contributed by atoms with E-state index in [1.54, 1.807) is 13.0 Å². The number of anilines is 2. The van der Waals surface area contributed by atoms with Gasteiger partial charge in [-0.1, -0.05) is 0 Å². The molecule has 1 heterocycles. The lowest BCUT2D eigenvalue weighted by Gasteiger charge is -2.28. The van der Waals surface area contributed by atoms with E-state index >= 15 is 0 Å². The van der Waals surface area contributed by atoms with Crippen LogP contribution in [-0.2, 0) is 14.3 Å². The van der Waals surface area contributed by atoms with Gasteiger partial charge in [-0.15, -0.1) is 11.8 Å². The van der Waals surface area contributed by atoms with Crippen molar-refractivity contribution in [1.29, 1.82) is 0 Å².